The van der Waals surface area contributed by atoms with Crippen molar-refractivity contribution in [1.82, 2.24) is 25.3 Å². The Balaban J connectivity index is 1.40. The summed E-state index contributed by atoms with van der Waals surface area (Å²) in [6, 6.07) is 3.29. The molecule has 3 heterocycles. The first-order chi connectivity index (χ1) is 13.4. The fourth-order valence-corrected chi connectivity index (χ4v) is 3.91. The van der Waals surface area contributed by atoms with E-state index in [1.54, 1.807) is 0 Å². The van der Waals surface area contributed by atoms with Crippen LogP contribution in [-0.4, -0.2) is 49.5 Å². The number of aromatic amines is 1. The highest BCUT2D eigenvalue weighted by molar-refractivity contribution is 7.15. The Morgan fingerprint density at radius 3 is 2.86 bits per heavy atom. The van der Waals surface area contributed by atoms with Gasteiger partial charge in [0.25, 0.3) is 0 Å². The minimum atomic E-state index is -1.25. The molecule has 8 nitrogen and oxygen atoms in total. The average Bonchev–Trinajstić information content (AvgIpc) is 3.40. The van der Waals surface area contributed by atoms with Crippen molar-refractivity contribution in [2.45, 2.75) is 18.4 Å². The predicted octanol–water partition coefficient (Wildman–Crippen LogP) is 2.26. The minimum Gasteiger partial charge on any atom is -0.381 e. The molecule has 2 aromatic heterocycles. The van der Waals surface area contributed by atoms with Gasteiger partial charge >= 0.3 is 6.03 Å². The molecule has 3 aromatic rings. The number of hydrogen-bond acceptors (Lipinski definition) is 6. The van der Waals surface area contributed by atoms with Crippen LogP contribution in [0.3, 0.4) is 0 Å². The van der Waals surface area contributed by atoms with Crippen LogP contribution in [0.25, 0.3) is 0 Å². The first-order valence-corrected chi connectivity index (χ1v) is 9.28. The Hall–Kier alpha value is -2.92. The fraction of sp³-hybridized carbons (Fsp3) is 0.294. The molecule has 1 saturated heterocycles. The minimum absolute atomic E-state index is 0.0405. The van der Waals surface area contributed by atoms with Crippen molar-refractivity contribution in [2.24, 2.45) is 0 Å². The van der Waals surface area contributed by atoms with E-state index in [1.165, 1.54) is 35.5 Å². The number of halogens is 2. The summed E-state index contributed by atoms with van der Waals surface area (Å²) in [6.07, 6.45) is 3.28. The summed E-state index contributed by atoms with van der Waals surface area (Å²) >= 11 is 1.14. The summed E-state index contributed by atoms with van der Waals surface area (Å²) in [6.45, 7) is 0.415. The van der Waals surface area contributed by atoms with Gasteiger partial charge in [0.1, 0.15) is 22.9 Å². The highest BCUT2D eigenvalue weighted by Crippen LogP contribution is 2.31. The van der Waals surface area contributed by atoms with Crippen molar-refractivity contribution in [3.63, 3.8) is 0 Å². The molecule has 0 aliphatic carbocycles. The topological polar surface area (TPSA) is 107 Å². The standard InChI is InChI=1S/C17H16F2N6O2S/c18-12-2-1-3-13(19)11(12)6-10-7-20-15(28-10)22-16(26)25-5-4-17(27,9-25)14-8-21-24-23-14/h1-3,7-8,27H,4-6,9H2,(H,20,22,26)(H,21,23,24). The number of aliphatic hydroxyl groups is 1. The molecule has 1 aromatic carbocycles. The van der Waals surface area contributed by atoms with Gasteiger partial charge in [0.15, 0.2) is 5.13 Å². The van der Waals surface area contributed by atoms with Crippen LogP contribution in [-0.2, 0) is 12.0 Å². The zero-order chi connectivity index (χ0) is 19.7. The van der Waals surface area contributed by atoms with Gasteiger partial charge in [-0.15, -0.1) is 11.3 Å². The third kappa shape index (κ3) is 3.58. The number of aromatic nitrogens is 4. The van der Waals surface area contributed by atoms with Gasteiger partial charge in [-0.05, 0) is 12.1 Å². The molecule has 1 unspecified atom stereocenters. The Kier molecular flexibility index (Phi) is 4.77. The van der Waals surface area contributed by atoms with Crippen LogP contribution in [0.2, 0.25) is 0 Å². The lowest BCUT2D eigenvalue weighted by atomic mass is 10.0. The number of amides is 2. The highest BCUT2D eigenvalue weighted by atomic mass is 32.1. The van der Waals surface area contributed by atoms with Crippen molar-refractivity contribution in [3.05, 3.63) is 58.4 Å². The van der Waals surface area contributed by atoms with Crippen LogP contribution in [0.5, 0.6) is 0 Å². The molecule has 1 atom stereocenters. The van der Waals surface area contributed by atoms with Crippen LogP contribution in [0.1, 0.15) is 22.6 Å². The monoisotopic (exact) mass is 406 g/mol. The summed E-state index contributed by atoms with van der Waals surface area (Å²) in [5, 5.41) is 23.6. The van der Waals surface area contributed by atoms with Crippen molar-refractivity contribution < 1.29 is 18.7 Å². The number of carbonyl (C=O) groups is 1. The van der Waals surface area contributed by atoms with Gasteiger partial charge in [0, 0.05) is 36.0 Å². The van der Waals surface area contributed by atoms with E-state index in [2.05, 4.69) is 25.7 Å². The van der Waals surface area contributed by atoms with Gasteiger partial charge in [-0.1, -0.05) is 6.07 Å². The zero-order valence-corrected chi connectivity index (χ0v) is 15.3. The number of benzene rings is 1. The maximum absolute atomic E-state index is 13.8. The quantitative estimate of drug-likeness (QED) is 0.616. The Bertz CT molecular complexity index is 975. The van der Waals surface area contributed by atoms with Crippen molar-refractivity contribution in [1.29, 1.82) is 0 Å². The summed E-state index contributed by atoms with van der Waals surface area (Å²) in [5.41, 5.74) is -0.909. The Morgan fingerprint density at radius 2 is 2.14 bits per heavy atom. The number of nitrogens with one attached hydrogen (secondary N) is 2. The molecule has 0 bridgehead atoms. The lowest BCUT2D eigenvalue weighted by molar-refractivity contribution is 0.0456. The van der Waals surface area contributed by atoms with Gasteiger partial charge in [0.05, 0.1) is 12.7 Å². The van der Waals surface area contributed by atoms with E-state index in [0.29, 0.717) is 28.7 Å². The molecule has 1 aliphatic heterocycles. The molecule has 0 spiro atoms. The number of β-amino-alcohol motifs (C(OH)–C–C–N with tert-alkyl or cyclic N) is 1. The SMILES string of the molecule is O=C(Nc1ncc(Cc2c(F)cccc2F)s1)N1CCC(O)(c2cn[nH]n2)C1. The number of rotatable bonds is 4. The first kappa shape index (κ1) is 18.4. The third-order valence-electron chi connectivity index (χ3n) is 4.61. The maximum atomic E-state index is 13.8. The molecule has 1 aliphatic rings. The Labute approximate surface area is 162 Å². The number of nitrogens with zero attached hydrogens (tertiary/aromatic N) is 4. The van der Waals surface area contributed by atoms with E-state index >= 15 is 0 Å². The van der Waals surface area contributed by atoms with E-state index in [1.807, 2.05) is 0 Å². The lowest BCUT2D eigenvalue weighted by Gasteiger charge is -2.20. The smallest absolute Gasteiger partial charge is 0.323 e. The van der Waals surface area contributed by atoms with Crippen molar-refractivity contribution >= 4 is 22.5 Å². The zero-order valence-electron chi connectivity index (χ0n) is 14.5. The molecule has 0 saturated carbocycles. The number of thiazole rings is 1. The number of H-pyrrole nitrogens is 1. The molecular formula is C17H16F2N6O2S. The van der Waals surface area contributed by atoms with Crippen LogP contribution < -0.4 is 5.32 Å². The normalized spacial score (nSPS) is 19.2. The van der Waals surface area contributed by atoms with Gasteiger partial charge in [0.2, 0.25) is 0 Å². The number of hydrogen-bond donors (Lipinski definition) is 3. The largest absolute Gasteiger partial charge is 0.381 e. The molecule has 0 radical (unpaired) electrons. The molecule has 4 rings (SSSR count). The second-order valence-corrected chi connectivity index (χ2v) is 7.61. The van der Waals surface area contributed by atoms with Crippen LogP contribution in [0.15, 0.2) is 30.6 Å². The van der Waals surface area contributed by atoms with Gasteiger partial charge in [-0.25, -0.2) is 18.6 Å². The number of urea groups is 1. The fourth-order valence-electron chi connectivity index (χ4n) is 3.10. The highest BCUT2D eigenvalue weighted by Gasteiger charge is 2.41. The van der Waals surface area contributed by atoms with E-state index < -0.39 is 23.3 Å². The van der Waals surface area contributed by atoms with Crippen LogP contribution >= 0.6 is 11.3 Å². The van der Waals surface area contributed by atoms with E-state index in [4.69, 9.17) is 0 Å². The molecule has 146 valence electrons. The summed E-state index contributed by atoms with van der Waals surface area (Å²) in [5.74, 6) is -1.24. The molecule has 2 amide bonds. The average molecular weight is 406 g/mol. The second-order valence-electron chi connectivity index (χ2n) is 6.50. The van der Waals surface area contributed by atoms with E-state index in [9.17, 15) is 18.7 Å². The molecule has 11 heteroatoms. The van der Waals surface area contributed by atoms with Gasteiger partial charge < -0.3 is 10.0 Å². The lowest BCUT2D eigenvalue weighted by Crippen LogP contribution is -2.37. The van der Waals surface area contributed by atoms with Crippen LogP contribution in [0.4, 0.5) is 18.7 Å². The summed E-state index contributed by atoms with van der Waals surface area (Å²) in [4.78, 5) is 18.6. The van der Waals surface area contributed by atoms with Gasteiger partial charge in [-0.3, -0.25) is 5.32 Å². The summed E-state index contributed by atoms with van der Waals surface area (Å²) in [7, 11) is 0. The van der Waals surface area contributed by atoms with E-state index in [-0.39, 0.29) is 18.5 Å². The third-order valence-corrected chi connectivity index (χ3v) is 5.52. The first-order valence-electron chi connectivity index (χ1n) is 8.47. The predicted molar refractivity (Wildman–Crippen MR) is 96.8 cm³/mol. The second kappa shape index (κ2) is 7.24. The summed E-state index contributed by atoms with van der Waals surface area (Å²) < 4.78 is 27.6. The van der Waals surface area contributed by atoms with Crippen molar-refractivity contribution in [2.75, 3.05) is 18.4 Å². The van der Waals surface area contributed by atoms with Crippen LogP contribution in [0, 0.1) is 11.6 Å². The molecular weight excluding hydrogens is 390 g/mol. The van der Waals surface area contributed by atoms with E-state index in [0.717, 1.165) is 11.3 Å². The number of likely N-dealkylation sites (tertiary alicyclic amines) is 1. The Morgan fingerprint density at radius 1 is 1.36 bits per heavy atom. The van der Waals surface area contributed by atoms with Gasteiger partial charge in [-0.2, -0.15) is 15.4 Å². The molecule has 1 fully saturated rings. The maximum Gasteiger partial charge on any atom is 0.323 e. The number of anilines is 1. The number of carbonyl (C=O) groups excluding carboxylic acids is 1. The molecule has 28 heavy (non-hydrogen) atoms. The van der Waals surface area contributed by atoms with Crippen molar-refractivity contribution in [3.8, 4) is 0 Å². The molecule has 3 N–H and O–H groups in total.